The summed E-state index contributed by atoms with van der Waals surface area (Å²) in [5, 5.41) is 7.88. The van der Waals surface area contributed by atoms with Crippen LogP contribution in [0.25, 0.3) is 0 Å². The van der Waals surface area contributed by atoms with Gasteiger partial charge in [-0.25, -0.2) is 0 Å². The van der Waals surface area contributed by atoms with Crippen LogP contribution in [-0.4, -0.2) is 46.3 Å². The van der Waals surface area contributed by atoms with Gasteiger partial charge in [0.25, 0.3) is 5.91 Å². The summed E-state index contributed by atoms with van der Waals surface area (Å²) in [7, 11) is 1.89. The Bertz CT molecular complexity index is 472. The van der Waals surface area contributed by atoms with Crippen LogP contribution < -0.4 is 5.32 Å². The van der Waals surface area contributed by atoms with Gasteiger partial charge in [-0.3, -0.25) is 9.48 Å². The van der Waals surface area contributed by atoms with Gasteiger partial charge in [0.1, 0.15) is 0 Å². The predicted molar refractivity (Wildman–Crippen MR) is 79.9 cm³/mol. The van der Waals surface area contributed by atoms with Gasteiger partial charge in [0.15, 0.2) is 0 Å². The molecule has 0 bridgehead atoms. The Morgan fingerprint density at radius 1 is 1.35 bits per heavy atom. The molecule has 0 spiro atoms. The van der Waals surface area contributed by atoms with Crippen LogP contribution in [0.2, 0.25) is 0 Å². The lowest BCUT2D eigenvalue weighted by molar-refractivity contribution is 0.0704. The first kappa shape index (κ1) is 15.0. The minimum Gasteiger partial charge on any atom is -0.338 e. The molecular weight excluding hydrogens is 252 g/mol. The van der Waals surface area contributed by atoms with E-state index in [2.05, 4.69) is 17.3 Å². The second-order valence-corrected chi connectivity index (χ2v) is 5.69. The van der Waals surface area contributed by atoms with E-state index < -0.39 is 0 Å². The first-order valence-electron chi connectivity index (χ1n) is 7.57. The number of amides is 1. The monoisotopic (exact) mass is 278 g/mol. The summed E-state index contributed by atoms with van der Waals surface area (Å²) in [5.41, 5.74) is 2.58. The van der Waals surface area contributed by atoms with Crippen LogP contribution in [0.3, 0.4) is 0 Å². The number of likely N-dealkylation sites (tertiary alicyclic amines) is 1. The molecule has 1 saturated heterocycles. The van der Waals surface area contributed by atoms with Crippen molar-refractivity contribution >= 4 is 5.91 Å². The summed E-state index contributed by atoms with van der Waals surface area (Å²) >= 11 is 0. The summed E-state index contributed by atoms with van der Waals surface area (Å²) in [6, 6.07) is 0.565. The topological polar surface area (TPSA) is 50.2 Å². The van der Waals surface area contributed by atoms with Gasteiger partial charge in [0, 0.05) is 31.9 Å². The second kappa shape index (κ2) is 6.39. The average molecular weight is 278 g/mol. The zero-order valence-corrected chi connectivity index (χ0v) is 13.1. The van der Waals surface area contributed by atoms with E-state index in [0.29, 0.717) is 6.04 Å². The van der Waals surface area contributed by atoms with E-state index >= 15 is 0 Å². The highest BCUT2D eigenvalue weighted by atomic mass is 16.2. The van der Waals surface area contributed by atoms with Gasteiger partial charge in [-0.05, 0) is 39.7 Å². The molecule has 20 heavy (non-hydrogen) atoms. The van der Waals surface area contributed by atoms with Crippen molar-refractivity contribution in [3.63, 3.8) is 0 Å². The Balaban J connectivity index is 1.98. The van der Waals surface area contributed by atoms with Gasteiger partial charge in [0.2, 0.25) is 0 Å². The SMILES string of the molecule is CCCNC1CCN(C(=O)c2c(C)nn(C)c2C)CC1. The van der Waals surface area contributed by atoms with E-state index in [4.69, 9.17) is 0 Å². The molecular formula is C15H26N4O. The third kappa shape index (κ3) is 3.03. The van der Waals surface area contributed by atoms with Crippen molar-refractivity contribution in [2.24, 2.45) is 7.05 Å². The Hall–Kier alpha value is -1.36. The van der Waals surface area contributed by atoms with Crippen LogP contribution in [-0.2, 0) is 7.05 Å². The maximum atomic E-state index is 12.6. The fourth-order valence-electron chi connectivity index (χ4n) is 2.88. The van der Waals surface area contributed by atoms with Gasteiger partial charge >= 0.3 is 0 Å². The molecule has 5 nitrogen and oxygen atoms in total. The van der Waals surface area contributed by atoms with Crippen molar-refractivity contribution in [2.75, 3.05) is 19.6 Å². The van der Waals surface area contributed by atoms with Crippen molar-refractivity contribution in [3.8, 4) is 0 Å². The number of hydrogen-bond donors (Lipinski definition) is 1. The van der Waals surface area contributed by atoms with Crippen LogP contribution in [0, 0.1) is 13.8 Å². The van der Waals surface area contributed by atoms with Crippen LogP contribution >= 0.6 is 0 Å². The van der Waals surface area contributed by atoms with Crippen molar-refractivity contribution in [1.82, 2.24) is 20.0 Å². The minimum absolute atomic E-state index is 0.141. The van der Waals surface area contributed by atoms with Crippen molar-refractivity contribution in [2.45, 2.75) is 46.1 Å². The van der Waals surface area contributed by atoms with Crippen molar-refractivity contribution in [1.29, 1.82) is 0 Å². The average Bonchev–Trinajstić information content (AvgIpc) is 2.70. The van der Waals surface area contributed by atoms with Crippen LogP contribution in [0.1, 0.15) is 47.9 Å². The zero-order chi connectivity index (χ0) is 14.7. The molecule has 1 aromatic heterocycles. The molecule has 5 heteroatoms. The van der Waals surface area contributed by atoms with Gasteiger partial charge in [0.05, 0.1) is 11.3 Å². The lowest BCUT2D eigenvalue weighted by Crippen LogP contribution is -2.45. The molecule has 0 atom stereocenters. The maximum absolute atomic E-state index is 12.6. The molecule has 1 amide bonds. The van der Waals surface area contributed by atoms with Crippen LogP contribution in [0.5, 0.6) is 0 Å². The van der Waals surface area contributed by atoms with Crippen molar-refractivity contribution in [3.05, 3.63) is 17.0 Å². The fraction of sp³-hybridized carbons (Fsp3) is 0.733. The highest BCUT2D eigenvalue weighted by Crippen LogP contribution is 2.18. The number of piperidine rings is 1. The Morgan fingerprint density at radius 2 is 2.00 bits per heavy atom. The minimum atomic E-state index is 0.141. The summed E-state index contributed by atoms with van der Waals surface area (Å²) in [4.78, 5) is 14.6. The highest BCUT2D eigenvalue weighted by Gasteiger charge is 2.26. The molecule has 2 rings (SSSR count). The van der Waals surface area contributed by atoms with Gasteiger partial charge in [-0.15, -0.1) is 0 Å². The largest absolute Gasteiger partial charge is 0.338 e. The number of hydrogen-bond acceptors (Lipinski definition) is 3. The molecule has 0 aromatic carbocycles. The highest BCUT2D eigenvalue weighted by molar-refractivity contribution is 5.96. The fourth-order valence-corrected chi connectivity index (χ4v) is 2.88. The third-order valence-electron chi connectivity index (χ3n) is 4.19. The summed E-state index contributed by atoms with van der Waals surface area (Å²) in [5.74, 6) is 0.141. The predicted octanol–water partition coefficient (Wildman–Crippen LogP) is 1.64. The Morgan fingerprint density at radius 3 is 2.50 bits per heavy atom. The van der Waals surface area contributed by atoms with E-state index in [0.717, 1.165) is 55.8 Å². The van der Waals surface area contributed by atoms with Gasteiger partial charge in [-0.2, -0.15) is 5.10 Å². The third-order valence-corrected chi connectivity index (χ3v) is 4.19. The van der Waals surface area contributed by atoms with E-state index in [-0.39, 0.29) is 5.91 Å². The first-order chi connectivity index (χ1) is 9.54. The second-order valence-electron chi connectivity index (χ2n) is 5.69. The van der Waals surface area contributed by atoms with E-state index in [1.165, 1.54) is 0 Å². The molecule has 1 fully saturated rings. The van der Waals surface area contributed by atoms with Gasteiger partial charge in [-0.1, -0.05) is 6.92 Å². The number of aromatic nitrogens is 2. The number of nitrogens with one attached hydrogen (secondary N) is 1. The first-order valence-corrected chi connectivity index (χ1v) is 7.57. The molecule has 0 unspecified atom stereocenters. The normalized spacial score (nSPS) is 16.7. The Kier molecular flexibility index (Phi) is 4.81. The molecule has 0 aliphatic carbocycles. The molecule has 0 radical (unpaired) electrons. The number of rotatable bonds is 4. The summed E-state index contributed by atoms with van der Waals surface area (Å²) < 4.78 is 1.79. The van der Waals surface area contributed by atoms with Crippen LogP contribution in [0.4, 0.5) is 0 Å². The lowest BCUT2D eigenvalue weighted by atomic mass is 10.0. The van der Waals surface area contributed by atoms with E-state index in [1.54, 1.807) is 4.68 Å². The van der Waals surface area contributed by atoms with E-state index in [9.17, 15) is 4.79 Å². The van der Waals surface area contributed by atoms with E-state index in [1.807, 2.05) is 25.8 Å². The molecule has 1 aliphatic heterocycles. The van der Waals surface area contributed by atoms with Gasteiger partial charge < -0.3 is 10.2 Å². The number of nitrogens with zero attached hydrogens (tertiary/aromatic N) is 3. The van der Waals surface area contributed by atoms with Crippen molar-refractivity contribution < 1.29 is 4.79 Å². The summed E-state index contributed by atoms with van der Waals surface area (Å²) in [6.07, 6.45) is 3.25. The zero-order valence-electron chi connectivity index (χ0n) is 13.1. The maximum Gasteiger partial charge on any atom is 0.257 e. The molecule has 2 heterocycles. The molecule has 1 aromatic rings. The molecule has 112 valence electrons. The number of aryl methyl sites for hydroxylation is 2. The quantitative estimate of drug-likeness (QED) is 0.911. The number of carbonyl (C=O) groups excluding carboxylic acids is 1. The Labute approximate surface area is 121 Å². The molecule has 0 saturated carbocycles. The van der Waals surface area contributed by atoms with Crippen LogP contribution in [0.15, 0.2) is 0 Å². The smallest absolute Gasteiger partial charge is 0.257 e. The number of carbonyl (C=O) groups is 1. The standard InChI is InChI=1S/C15H26N4O/c1-5-8-16-13-6-9-19(10-7-13)15(20)14-11(2)17-18(4)12(14)3/h13,16H,5-10H2,1-4H3. The molecule has 1 N–H and O–H groups in total. The summed E-state index contributed by atoms with van der Waals surface area (Å²) in [6.45, 7) is 8.81. The molecule has 1 aliphatic rings. The lowest BCUT2D eigenvalue weighted by Gasteiger charge is -2.32.